The number of hydrogen-bond donors (Lipinski definition) is 1. The first kappa shape index (κ1) is 22.1. The maximum absolute atomic E-state index is 5.87. The van der Waals surface area contributed by atoms with Crippen LogP contribution >= 0.6 is 0 Å². The van der Waals surface area contributed by atoms with E-state index in [1.165, 1.54) is 63.4 Å². The van der Waals surface area contributed by atoms with Gasteiger partial charge in [-0.15, -0.1) is 0 Å². The summed E-state index contributed by atoms with van der Waals surface area (Å²) in [5.74, 6) is 0.959. The monoisotopic (exact) mass is 379 g/mol. The van der Waals surface area contributed by atoms with Gasteiger partial charge in [0.1, 0.15) is 5.75 Å². The molecular weight excluding hydrogens is 342 g/mol. The fourth-order valence-electron chi connectivity index (χ4n) is 3.25. The highest BCUT2D eigenvalue weighted by molar-refractivity contribution is 5.70. The fourth-order valence-corrected chi connectivity index (χ4v) is 3.25. The van der Waals surface area contributed by atoms with Crippen LogP contribution in [0.1, 0.15) is 82.3 Å². The second kappa shape index (κ2) is 13.9. The number of benzene rings is 2. The van der Waals surface area contributed by atoms with E-state index in [-0.39, 0.29) is 0 Å². The van der Waals surface area contributed by atoms with Gasteiger partial charge in [-0.05, 0) is 41.8 Å². The Labute approximate surface area is 171 Å². The first-order valence-electron chi connectivity index (χ1n) is 11.0. The van der Waals surface area contributed by atoms with Crippen LogP contribution in [-0.4, -0.2) is 6.61 Å². The highest BCUT2D eigenvalue weighted by atomic mass is 16.5. The first-order valence-corrected chi connectivity index (χ1v) is 11.0. The van der Waals surface area contributed by atoms with E-state index in [4.69, 9.17) is 10.5 Å². The van der Waals surface area contributed by atoms with E-state index in [0.717, 1.165) is 30.0 Å². The lowest BCUT2D eigenvalue weighted by molar-refractivity contribution is 0.304. The van der Waals surface area contributed by atoms with Crippen molar-refractivity contribution >= 4 is 17.8 Å². The molecule has 0 aliphatic carbocycles. The molecule has 0 amide bonds. The molecule has 0 aromatic heterocycles. The molecule has 152 valence electrons. The van der Waals surface area contributed by atoms with Gasteiger partial charge >= 0.3 is 0 Å². The van der Waals surface area contributed by atoms with E-state index in [9.17, 15) is 0 Å². The van der Waals surface area contributed by atoms with Crippen molar-refractivity contribution in [1.29, 1.82) is 0 Å². The van der Waals surface area contributed by atoms with Gasteiger partial charge in [0, 0.05) is 5.69 Å². The lowest BCUT2D eigenvalue weighted by Gasteiger charge is -2.06. The van der Waals surface area contributed by atoms with Gasteiger partial charge in [0.05, 0.1) is 6.61 Å². The van der Waals surface area contributed by atoms with Crippen molar-refractivity contribution in [3.05, 3.63) is 59.7 Å². The highest BCUT2D eigenvalue weighted by Crippen LogP contribution is 2.16. The quantitative estimate of drug-likeness (QED) is 0.207. The van der Waals surface area contributed by atoms with Crippen LogP contribution in [0.4, 0.5) is 5.69 Å². The average molecular weight is 380 g/mol. The Morgan fingerprint density at radius 2 is 1.11 bits per heavy atom. The molecule has 0 heterocycles. The summed E-state index contributed by atoms with van der Waals surface area (Å²) in [6.07, 6.45) is 17.7. The SMILES string of the molecule is CCCCCCCCCCCCOc1ccc(C=Cc2ccc(N)cc2)cc1. The number of hydrogen-bond acceptors (Lipinski definition) is 2. The molecular formula is C26H37NO. The molecule has 28 heavy (non-hydrogen) atoms. The van der Waals surface area contributed by atoms with E-state index in [2.05, 4.69) is 43.3 Å². The Balaban J connectivity index is 1.54. The van der Waals surface area contributed by atoms with E-state index in [1.807, 2.05) is 24.3 Å². The Bertz CT molecular complexity index is 658. The van der Waals surface area contributed by atoms with Crippen molar-refractivity contribution in [3.63, 3.8) is 0 Å². The molecule has 0 saturated heterocycles. The Kier molecular flexibility index (Phi) is 10.9. The standard InChI is InChI=1S/C26H37NO/c1-2-3-4-5-6-7-8-9-10-11-22-28-26-20-16-24(17-21-26)13-12-23-14-18-25(27)19-15-23/h12-21H,2-11,22,27H2,1H3. The molecule has 2 heteroatoms. The van der Waals surface area contributed by atoms with Gasteiger partial charge in [-0.1, -0.05) is 101 Å². The van der Waals surface area contributed by atoms with Gasteiger partial charge in [-0.3, -0.25) is 0 Å². The van der Waals surface area contributed by atoms with Crippen LogP contribution in [0.5, 0.6) is 5.75 Å². The van der Waals surface area contributed by atoms with Crippen LogP contribution in [0.15, 0.2) is 48.5 Å². The van der Waals surface area contributed by atoms with Gasteiger partial charge in [0.25, 0.3) is 0 Å². The van der Waals surface area contributed by atoms with Crippen molar-refractivity contribution in [2.24, 2.45) is 0 Å². The summed E-state index contributed by atoms with van der Waals surface area (Å²) in [7, 11) is 0. The minimum absolute atomic E-state index is 0.793. The van der Waals surface area contributed by atoms with Gasteiger partial charge in [-0.2, -0.15) is 0 Å². The van der Waals surface area contributed by atoms with Crippen LogP contribution in [0, 0.1) is 0 Å². The number of ether oxygens (including phenoxy) is 1. The summed E-state index contributed by atoms with van der Waals surface area (Å²) < 4.78 is 5.87. The third-order valence-corrected chi connectivity index (χ3v) is 5.05. The maximum Gasteiger partial charge on any atom is 0.119 e. The Morgan fingerprint density at radius 1 is 0.643 bits per heavy atom. The van der Waals surface area contributed by atoms with Crippen LogP contribution in [0.2, 0.25) is 0 Å². The largest absolute Gasteiger partial charge is 0.494 e. The van der Waals surface area contributed by atoms with Crippen molar-refractivity contribution in [3.8, 4) is 5.75 Å². The molecule has 0 bridgehead atoms. The number of nitrogen functional groups attached to an aromatic ring is 1. The summed E-state index contributed by atoms with van der Waals surface area (Å²) in [5, 5.41) is 0. The van der Waals surface area contributed by atoms with Crippen molar-refractivity contribution in [2.75, 3.05) is 12.3 Å². The molecule has 2 N–H and O–H groups in total. The molecule has 0 atom stereocenters. The molecule has 2 nitrogen and oxygen atoms in total. The summed E-state index contributed by atoms with van der Waals surface area (Å²) in [6.45, 7) is 3.09. The minimum atomic E-state index is 0.793. The second-order valence-corrected chi connectivity index (χ2v) is 7.60. The summed E-state index contributed by atoms with van der Waals surface area (Å²) >= 11 is 0. The second-order valence-electron chi connectivity index (χ2n) is 7.60. The molecule has 0 saturated carbocycles. The van der Waals surface area contributed by atoms with Crippen molar-refractivity contribution < 1.29 is 4.74 Å². The molecule has 0 fully saturated rings. The summed E-state index contributed by atoms with van der Waals surface area (Å²) in [4.78, 5) is 0. The number of rotatable bonds is 14. The molecule has 2 aromatic carbocycles. The predicted octanol–water partition coefficient (Wildman–Crippen LogP) is 7.74. The van der Waals surface area contributed by atoms with E-state index < -0.39 is 0 Å². The van der Waals surface area contributed by atoms with Gasteiger partial charge < -0.3 is 10.5 Å². The van der Waals surface area contributed by atoms with Crippen molar-refractivity contribution in [2.45, 2.75) is 71.1 Å². The first-order chi connectivity index (χ1) is 13.8. The van der Waals surface area contributed by atoms with E-state index >= 15 is 0 Å². The smallest absolute Gasteiger partial charge is 0.119 e. The van der Waals surface area contributed by atoms with Gasteiger partial charge in [-0.25, -0.2) is 0 Å². The molecule has 2 aromatic rings. The molecule has 0 aliphatic rings. The zero-order valence-corrected chi connectivity index (χ0v) is 17.5. The topological polar surface area (TPSA) is 35.2 Å². The maximum atomic E-state index is 5.87. The fraction of sp³-hybridized carbons (Fsp3) is 0.462. The van der Waals surface area contributed by atoms with Crippen molar-refractivity contribution in [1.82, 2.24) is 0 Å². The van der Waals surface area contributed by atoms with Crippen LogP contribution in [0.25, 0.3) is 12.2 Å². The average Bonchev–Trinajstić information content (AvgIpc) is 2.72. The molecule has 0 unspecified atom stereocenters. The Morgan fingerprint density at radius 3 is 1.64 bits per heavy atom. The summed E-state index contributed by atoms with van der Waals surface area (Å²) in [6, 6.07) is 16.2. The zero-order chi connectivity index (χ0) is 19.9. The number of unbranched alkanes of at least 4 members (excludes halogenated alkanes) is 9. The number of anilines is 1. The van der Waals surface area contributed by atoms with Gasteiger partial charge in [0.2, 0.25) is 0 Å². The Hall–Kier alpha value is -2.22. The number of nitrogens with two attached hydrogens (primary N) is 1. The molecule has 2 rings (SSSR count). The third kappa shape index (κ3) is 9.64. The van der Waals surface area contributed by atoms with Crippen LogP contribution in [-0.2, 0) is 0 Å². The third-order valence-electron chi connectivity index (χ3n) is 5.05. The zero-order valence-electron chi connectivity index (χ0n) is 17.5. The lowest BCUT2D eigenvalue weighted by Crippen LogP contribution is -1.97. The van der Waals surface area contributed by atoms with Crippen LogP contribution < -0.4 is 10.5 Å². The van der Waals surface area contributed by atoms with Crippen LogP contribution in [0.3, 0.4) is 0 Å². The van der Waals surface area contributed by atoms with E-state index in [1.54, 1.807) is 0 Å². The lowest BCUT2D eigenvalue weighted by atomic mass is 10.1. The predicted molar refractivity (Wildman–Crippen MR) is 124 cm³/mol. The summed E-state index contributed by atoms with van der Waals surface area (Å²) in [5.41, 5.74) is 8.82. The highest BCUT2D eigenvalue weighted by Gasteiger charge is 1.96. The molecule has 0 spiro atoms. The van der Waals surface area contributed by atoms with Gasteiger partial charge in [0.15, 0.2) is 0 Å². The normalized spacial score (nSPS) is 11.2. The molecule has 0 radical (unpaired) electrons. The molecule has 0 aliphatic heterocycles. The minimum Gasteiger partial charge on any atom is -0.494 e. The van der Waals surface area contributed by atoms with E-state index in [0.29, 0.717) is 0 Å².